The minimum Gasteiger partial charge on any atom is -0.402 e. The van der Waals surface area contributed by atoms with Crippen molar-refractivity contribution in [2.24, 2.45) is 14.1 Å². The zero-order valence-corrected chi connectivity index (χ0v) is 19.3. The van der Waals surface area contributed by atoms with Crippen molar-refractivity contribution in [3.63, 3.8) is 0 Å². The van der Waals surface area contributed by atoms with Gasteiger partial charge in [-0.15, -0.1) is 0 Å². The van der Waals surface area contributed by atoms with Gasteiger partial charge in [0.15, 0.2) is 15.5 Å². The molecule has 1 aromatic carbocycles. The molecule has 0 unspecified atom stereocenters. The Hall–Kier alpha value is -2.69. The number of hydrogen-bond acceptors (Lipinski definition) is 7. The summed E-state index contributed by atoms with van der Waals surface area (Å²) >= 11 is 12.4. The molecule has 9 nitrogen and oxygen atoms in total. The summed E-state index contributed by atoms with van der Waals surface area (Å²) < 4.78 is 32.0. The molecule has 3 aromatic rings. The second-order valence-electron chi connectivity index (χ2n) is 6.73. The van der Waals surface area contributed by atoms with Gasteiger partial charge < -0.3 is 4.74 Å². The first-order valence-corrected chi connectivity index (χ1v) is 11.6. The maximum atomic E-state index is 13.2. The van der Waals surface area contributed by atoms with Crippen LogP contribution in [0.15, 0.2) is 29.4 Å². The van der Waals surface area contributed by atoms with Gasteiger partial charge in [0.1, 0.15) is 5.56 Å². The lowest BCUT2D eigenvalue weighted by molar-refractivity contribution is 0.0711. The molecule has 31 heavy (non-hydrogen) atoms. The SMILES string of the molecule is CCc1c(S(C)(=O)=O)ccc(C(=O)c2cnn(C)c2OC(=O)c2nn(C)cc2Cl)c1Cl. The fourth-order valence-electron chi connectivity index (χ4n) is 3.04. The molecule has 0 spiro atoms. The molecule has 0 radical (unpaired) electrons. The number of carbonyl (C=O) groups is 2. The van der Waals surface area contributed by atoms with Crippen LogP contribution in [0.2, 0.25) is 10.0 Å². The number of sulfone groups is 1. The molecule has 0 saturated heterocycles. The fourth-order valence-corrected chi connectivity index (χ4v) is 4.74. The summed E-state index contributed by atoms with van der Waals surface area (Å²) in [5.74, 6) is -1.57. The highest BCUT2D eigenvalue weighted by Gasteiger charge is 2.27. The van der Waals surface area contributed by atoms with E-state index in [-0.39, 0.29) is 37.6 Å². The molecule has 0 N–H and O–H groups in total. The number of rotatable bonds is 6. The van der Waals surface area contributed by atoms with E-state index in [0.717, 1.165) is 6.26 Å². The van der Waals surface area contributed by atoms with Crippen LogP contribution in [0, 0.1) is 0 Å². The van der Waals surface area contributed by atoms with Crippen molar-refractivity contribution >= 4 is 44.8 Å². The minimum atomic E-state index is -3.53. The van der Waals surface area contributed by atoms with Gasteiger partial charge >= 0.3 is 5.97 Å². The lowest BCUT2D eigenvalue weighted by Crippen LogP contribution is -2.15. The van der Waals surface area contributed by atoms with Crippen molar-refractivity contribution in [2.45, 2.75) is 18.2 Å². The Kier molecular flexibility index (Phi) is 6.26. The Morgan fingerprint density at radius 3 is 2.39 bits per heavy atom. The van der Waals surface area contributed by atoms with Gasteiger partial charge in [0, 0.05) is 32.1 Å². The number of aryl methyl sites for hydroxylation is 2. The number of esters is 1. The van der Waals surface area contributed by atoms with Crippen molar-refractivity contribution in [2.75, 3.05) is 6.26 Å². The quantitative estimate of drug-likeness (QED) is 0.390. The Labute approximate surface area is 188 Å². The molecular formula is C19H18Cl2N4O5S. The zero-order valence-electron chi connectivity index (χ0n) is 17.0. The number of nitrogens with zero attached hydrogens (tertiary/aromatic N) is 4. The van der Waals surface area contributed by atoms with Crippen LogP contribution in [-0.4, -0.2) is 46.0 Å². The number of carbonyl (C=O) groups excluding carboxylic acids is 2. The minimum absolute atomic E-state index is 0.0179. The first-order valence-electron chi connectivity index (χ1n) is 8.95. The van der Waals surface area contributed by atoms with E-state index in [1.807, 2.05) is 0 Å². The van der Waals surface area contributed by atoms with E-state index in [1.54, 1.807) is 14.0 Å². The van der Waals surface area contributed by atoms with Gasteiger partial charge in [-0.05, 0) is 24.1 Å². The van der Waals surface area contributed by atoms with E-state index >= 15 is 0 Å². The molecule has 12 heteroatoms. The number of hydrogen-bond donors (Lipinski definition) is 0. The van der Waals surface area contributed by atoms with Gasteiger partial charge in [-0.1, -0.05) is 30.1 Å². The lowest BCUT2D eigenvalue weighted by atomic mass is 10.0. The Bertz CT molecular complexity index is 1310. The molecule has 3 rings (SSSR count). The Morgan fingerprint density at radius 1 is 1.16 bits per heavy atom. The third-order valence-electron chi connectivity index (χ3n) is 4.49. The van der Waals surface area contributed by atoms with Crippen LogP contribution in [0.1, 0.15) is 38.9 Å². The molecule has 2 aromatic heterocycles. The molecule has 0 aliphatic rings. The molecule has 0 bridgehead atoms. The summed E-state index contributed by atoms with van der Waals surface area (Å²) in [6, 6.07) is 2.66. The summed E-state index contributed by atoms with van der Waals surface area (Å²) in [5, 5.41) is 8.04. The third-order valence-corrected chi connectivity index (χ3v) is 6.38. The number of benzene rings is 1. The van der Waals surface area contributed by atoms with Crippen molar-refractivity contribution in [3.05, 3.63) is 57.0 Å². The van der Waals surface area contributed by atoms with E-state index in [2.05, 4.69) is 10.2 Å². The summed E-state index contributed by atoms with van der Waals surface area (Å²) in [6.45, 7) is 1.73. The maximum Gasteiger partial charge on any atom is 0.367 e. The van der Waals surface area contributed by atoms with Crippen LogP contribution in [0.3, 0.4) is 0 Å². The van der Waals surface area contributed by atoms with E-state index in [0.29, 0.717) is 12.0 Å². The van der Waals surface area contributed by atoms with E-state index in [1.165, 1.54) is 40.9 Å². The predicted molar refractivity (Wildman–Crippen MR) is 114 cm³/mol. The maximum absolute atomic E-state index is 13.2. The number of halogens is 2. The monoisotopic (exact) mass is 484 g/mol. The smallest absolute Gasteiger partial charge is 0.367 e. The largest absolute Gasteiger partial charge is 0.402 e. The number of aromatic nitrogens is 4. The highest BCUT2D eigenvalue weighted by Crippen LogP contribution is 2.32. The lowest BCUT2D eigenvalue weighted by Gasteiger charge is -2.12. The summed E-state index contributed by atoms with van der Waals surface area (Å²) in [7, 11) is -0.447. The fraction of sp³-hybridized carbons (Fsp3) is 0.263. The molecule has 0 aliphatic heterocycles. The van der Waals surface area contributed by atoms with Crippen LogP contribution in [0.4, 0.5) is 0 Å². The van der Waals surface area contributed by atoms with Crippen molar-refractivity contribution in [3.8, 4) is 5.88 Å². The molecule has 2 heterocycles. The summed E-state index contributed by atoms with van der Waals surface area (Å²) in [4.78, 5) is 25.8. The highest BCUT2D eigenvalue weighted by molar-refractivity contribution is 7.90. The molecule has 0 aliphatic carbocycles. The van der Waals surface area contributed by atoms with Crippen LogP contribution >= 0.6 is 23.2 Å². The van der Waals surface area contributed by atoms with Crippen LogP contribution in [0.5, 0.6) is 5.88 Å². The molecule has 0 fully saturated rings. The number of ketones is 1. The molecule has 0 saturated carbocycles. The molecule has 0 atom stereocenters. The Balaban J connectivity index is 2.03. The van der Waals surface area contributed by atoms with Crippen molar-refractivity contribution in [1.82, 2.24) is 19.6 Å². The second-order valence-corrected chi connectivity index (χ2v) is 9.50. The van der Waals surface area contributed by atoms with Gasteiger partial charge in [0.2, 0.25) is 11.7 Å². The van der Waals surface area contributed by atoms with Gasteiger partial charge in [0.25, 0.3) is 0 Å². The summed E-state index contributed by atoms with van der Waals surface area (Å²) in [5.41, 5.74) is 0.247. The topological polar surface area (TPSA) is 113 Å². The third kappa shape index (κ3) is 4.36. The standard InChI is InChI=1S/C19H18Cl2N4O5S/c1-5-10-14(31(4,28)29)7-6-11(15(10)21)17(26)12-8-22-25(3)18(12)30-19(27)16-13(20)9-24(2)23-16/h6-9H,5H2,1-4H3. The first kappa shape index (κ1) is 23.0. The molecule has 164 valence electrons. The van der Waals surface area contributed by atoms with Crippen molar-refractivity contribution in [1.29, 1.82) is 0 Å². The van der Waals surface area contributed by atoms with E-state index < -0.39 is 21.6 Å². The van der Waals surface area contributed by atoms with Gasteiger partial charge in [-0.25, -0.2) is 17.9 Å². The van der Waals surface area contributed by atoms with E-state index in [4.69, 9.17) is 27.9 Å². The van der Waals surface area contributed by atoms with Gasteiger partial charge in [0.05, 0.1) is 21.1 Å². The van der Waals surface area contributed by atoms with Crippen LogP contribution in [0.25, 0.3) is 0 Å². The first-order chi connectivity index (χ1) is 14.5. The normalized spacial score (nSPS) is 11.5. The van der Waals surface area contributed by atoms with E-state index in [9.17, 15) is 18.0 Å². The van der Waals surface area contributed by atoms with Gasteiger partial charge in [-0.2, -0.15) is 10.2 Å². The summed E-state index contributed by atoms with van der Waals surface area (Å²) in [6.07, 6.45) is 4.04. The zero-order chi connectivity index (χ0) is 23.1. The number of ether oxygens (including phenoxy) is 1. The average Bonchev–Trinajstić information content (AvgIpc) is 3.21. The Morgan fingerprint density at radius 2 is 1.84 bits per heavy atom. The average molecular weight is 485 g/mol. The predicted octanol–water partition coefficient (Wildman–Crippen LogP) is 2.88. The second kappa shape index (κ2) is 8.45. The van der Waals surface area contributed by atoms with Crippen molar-refractivity contribution < 1.29 is 22.7 Å². The van der Waals surface area contributed by atoms with Crippen LogP contribution < -0.4 is 4.74 Å². The molecule has 0 amide bonds. The van der Waals surface area contributed by atoms with Gasteiger partial charge in [-0.3, -0.25) is 9.48 Å². The van der Waals surface area contributed by atoms with Crippen LogP contribution in [-0.2, 0) is 30.4 Å². The molecular weight excluding hydrogens is 467 g/mol. The highest BCUT2D eigenvalue weighted by atomic mass is 35.5.